The zero-order valence-electron chi connectivity index (χ0n) is 10.2. The van der Waals surface area contributed by atoms with Crippen LogP contribution in [0.25, 0.3) is 0 Å². The van der Waals surface area contributed by atoms with Gasteiger partial charge in [0.2, 0.25) is 0 Å². The summed E-state index contributed by atoms with van der Waals surface area (Å²) < 4.78 is 0. The van der Waals surface area contributed by atoms with E-state index in [0.717, 1.165) is 13.1 Å². The molecule has 0 saturated carbocycles. The Morgan fingerprint density at radius 3 is 2.83 bits per heavy atom. The van der Waals surface area contributed by atoms with Crippen LogP contribution in [-0.2, 0) is 13.1 Å². The van der Waals surface area contributed by atoms with E-state index in [0.29, 0.717) is 10.7 Å². The third-order valence-corrected chi connectivity index (χ3v) is 3.50. The molecule has 0 spiro atoms. The van der Waals surface area contributed by atoms with Gasteiger partial charge in [0.05, 0.1) is 5.69 Å². The lowest BCUT2D eigenvalue weighted by Crippen LogP contribution is -2.18. The van der Waals surface area contributed by atoms with E-state index in [4.69, 9.17) is 18.0 Å². The van der Waals surface area contributed by atoms with E-state index in [2.05, 4.69) is 33.8 Å². The van der Waals surface area contributed by atoms with E-state index in [-0.39, 0.29) is 0 Å². The van der Waals surface area contributed by atoms with E-state index in [1.807, 2.05) is 12.1 Å². The molecule has 0 radical (unpaired) electrons. The molecule has 2 N–H and O–H groups in total. The number of hydrogen-bond donors (Lipinski definition) is 1. The van der Waals surface area contributed by atoms with Crippen molar-refractivity contribution in [3.63, 3.8) is 0 Å². The molecule has 0 atom stereocenters. The van der Waals surface area contributed by atoms with Gasteiger partial charge in [-0.25, -0.2) is 0 Å². The maximum Gasteiger partial charge on any atom is 0.122 e. The quantitative estimate of drug-likeness (QED) is 0.852. The van der Waals surface area contributed by atoms with Crippen LogP contribution in [0.3, 0.4) is 0 Å². The number of nitrogens with two attached hydrogens (primary N) is 1. The summed E-state index contributed by atoms with van der Waals surface area (Å²) in [6.07, 6.45) is 1.75. The highest BCUT2D eigenvalue weighted by atomic mass is 32.1. The number of thiocarbonyl (C=S) groups is 1. The fourth-order valence-electron chi connectivity index (χ4n) is 1.77. The van der Waals surface area contributed by atoms with Crippen molar-refractivity contribution in [2.45, 2.75) is 13.1 Å². The van der Waals surface area contributed by atoms with Gasteiger partial charge in [0.1, 0.15) is 4.99 Å². The van der Waals surface area contributed by atoms with Gasteiger partial charge in [-0.15, -0.1) is 0 Å². The summed E-state index contributed by atoms with van der Waals surface area (Å²) in [7, 11) is 2.10. The van der Waals surface area contributed by atoms with E-state index in [1.54, 1.807) is 17.5 Å². The van der Waals surface area contributed by atoms with Crippen LogP contribution in [0, 0.1) is 0 Å². The molecule has 0 aliphatic heterocycles. The van der Waals surface area contributed by atoms with Crippen LogP contribution in [0.2, 0.25) is 0 Å². The summed E-state index contributed by atoms with van der Waals surface area (Å²) in [5.74, 6) is 0. The average molecular weight is 277 g/mol. The van der Waals surface area contributed by atoms with Crippen LogP contribution in [0.1, 0.15) is 16.8 Å². The van der Waals surface area contributed by atoms with Crippen molar-refractivity contribution in [2.24, 2.45) is 5.73 Å². The number of nitrogens with zero attached hydrogens (tertiary/aromatic N) is 2. The van der Waals surface area contributed by atoms with Gasteiger partial charge in [0, 0.05) is 19.3 Å². The number of hydrogen-bond acceptors (Lipinski definition) is 4. The molecule has 94 valence electrons. The minimum absolute atomic E-state index is 0.345. The smallest absolute Gasteiger partial charge is 0.122 e. The van der Waals surface area contributed by atoms with Crippen molar-refractivity contribution in [1.82, 2.24) is 9.88 Å². The fraction of sp³-hybridized carbons (Fsp3) is 0.231. The summed E-state index contributed by atoms with van der Waals surface area (Å²) >= 11 is 6.66. The molecule has 5 heteroatoms. The van der Waals surface area contributed by atoms with Crippen molar-refractivity contribution >= 4 is 28.5 Å². The molecule has 0 aliphatic carbocycles. The first-order valence-electron chi connectivity index (χ1n) is 5.59. The van der Waals surface area contributed by atoms with Crippen molar-refractivity contribution in [1.29, 1.82) is 0 Å². The van der Waals surface area contributed by atoms with Gasteiger partial charge in [0.25, 0.3) is 0 Å². The molecular weight excluding hydrogens is 262 g/mol. The van der Waals surface area contributed by atoms with Crippen LogP contribution < -0.4 is 5.73 Å². The normalized spacial score (nSPS) is 10.8. The first-order chi connectivity index (χ1) is 8.65. The summed E-state index contributed by atoms with van der Waals surface area (Å²) in [6, 6.07) is 6.09. The van der Waals surface area contributed by atoms with Gasteiger partial charge in [0.15, 0.2) is 0 Å². The monoisotopic (exact) mass is 277 g/mol. The second kappa shape index (κ2) is 6.04. The van der Waals surface area contributed by atoms with Crippen LogP contribution in [0.5, 0.6) is 0 Å². The van der Waals surface area contributed by atoms with Crippen LogP contribution in [0.4, 0.5) is 0 Å². The first kappa shape index (κ1) is 13.1. The second-order valence-electron chi connectivity index (χ2n) is 4.22. The molecule has 2 rings (SSSR count). The van der Waals surface area contributed by atoms with Gasteiger partial charge >= 0.3 is 0 Å². The Morgan fingerprint density at radius 2 is 2.17 bits per heavy atom. The lowest BCUT2D eigenvalue weighted by Gasteiger charge is -2.16. The molecule has 0 saturated heterocycles. The molecule has 0 bridgehead atoms. The number of pyridine rings is 1. The topological polar surface area (TPSA) is 42.2 Å². The third-order valence-electron chi connectivity index (χ3n) is 2.56. The van der Waals surface area contributed by atoms with Gasteiger partial charge in [-0.1, -0.05) is 12.2 Å². The first-order valence-corrected chi connectivity index (χ1v) is 6.94. The second-order valence-corrected chi connectivity index (χ2v) is 5.44. The van der Waals surface area contributed by atoms with Crippen LogP contribution >= 0.6 is 23.6 Å². The summed E-state index contributed by atoms with van der Waals surface area (Å²) in [4.78, 5) is 6.73. The van der Waals surface area contributed by atoms with Gasteiger partial charge < -0.3 is 5.73 Å². The van der Waals surface area contributed by atoms with Crippen molar-refractivity contribution in [3.05, 3.63) is 52.0 Å². The minimum Gasteiger partial charge on any atom is -0.388 e. The predicted octanol–water partition coefficient (Wildman–Crippen LogP) is 2.41. The molecular formula is C13H15N3S2. The highest BCUT2D eigenvalue weighted by molar-refractivity contribution is 7.80. The molecule has 2 aromatic rings. The standard InChI is InChI=1S/C13H15N3S2/c1-16(8-11-3-5-18-9-11)7-10-2-4-15-12(6-10)13(14)17/h2-6,9H,7-8H2,1H3,(H2,14,17). The molecule has 18 heavy (non-hydrogen) atoms. The Balaban J connectivity index is 2.00. The summed E-state index contributed by atoms with van der Waals surface area (Å²) in [5, 5.41) is 4.27. The molecule has 2 heterocycles. The van der Waals surface area contributed by atoms with Crippen molar-refractivity contribution < 1.29 is 0 Å². The number of rotatable bonds is 5. The molecule has 2 aromatic heterocycles. The van der Waals surface area contributed by atoms with Gasteiger partial charge in [-0.05, 0) is 47.1 Å². The zero-order valence-corrected chi connectivity index (χ0v) is 11.8. The SMILES string of the molecule is CN(Cc1ccsc1)Cc1ccnc(C(N)=S)c1. The molecule has 0 aromatic carbocycles. The maximum atomic E-state index is 5.58. The zero-order chi connectivity index (χ0) is 13.0. The van der Waals surface area contributed by atoms with Gasteiger partial charge in [-0.2, -0.15) is 11.3 Å². The Labute approximate surface area is 116 Å². The summed E-state index contributed by atoms with van der Waals surface area (Å²) in [5.41, 5.74) is 8.78. The van der Waals surface area contributed by atoms with Crippen molar-refractivity contribution in [2.75, 3.05) is 7.05 Å². The molecule has 0 fully saturated rings. The predicted molar refractivity (Wildman–Crippen MR) is 79.6 cm³/mol. The Hall–Kier alpha value is -1.30. The Morgan fingerprint density at radius 1 is 1.39 bits per heavy atom. The van der Waals surface area contributed by atoms with E-state index >= 15 is 0 Å². The fourth-order valence-corrected chi connectivity index (χ4v) is 2.54. The van der Waals surface area contributed by atoms with E-state index in [1.165, 1.54) is 11.1 Å². The van der Waals surface area contributed by atoms with Crippen LogP contribution in [-0.4, -0.2) is 21.9 Å². The molecule has 0 unspecified atom stereocenters. The van der Waals surface area contributed by atoms with Crippen LogP contribution in [0.15, 0.2) is 35.2 Å². The third kappa shape index (κ3) is 3.60. The van der Waals surface area contributed by atoms with E-state index in [9.17, 15) is 0 Å². The Bertz CT molecular complexity index is 523. The Kier molecular flexibility index (Phi) is 4.41. The minimum atomic E-state index is 0.345. The number of thiophene rings is 1. The lowest BCUT2D eigenvalue weighted by atomic mass is 10.2. The number of aromatic nitrogens is 1. The molecule has 0 amide bonds. The lowest BCUT2D eigenvalue weighted by molar-refractivity contribution is 0.319. The highest BCUT2D eigenvalue weighted by Crippen LogP contribution is 2.11. The van der Waals surface area contributed by atoms with Gasteiger partial charge in [-0.3, -0.25) is 9.88 Å². The maximum absolute atomic E-state index is 5.58. The molecule has 0 aliphatic rings. The largest absolute Gasteiger partial charge is 0.388 e. The van der Waals surface area contributed by atoms with E-state index < -0.39 is 0 Å². The highest BCUT2D eigenvalue weighted by Gasteiger charge is 2.04. The van der Waals surface area contributed by atoms with Crippen molar-refractivity contribution in [3.8, 4) is 0 Å². The summed E-state index contributed by atoms with van der Waals surface area (Å²) in [6.45, 7) is 1.79. The average Bonchev–Trinajstić information content (AvgIpc) is 2.82. The molecule has 3 nitrogen and oxygen atoms in total.